The average Bonchev–Trinajstić information content (AvgIpc) is 3.12. The summed E-state index contributed by atoms with van der Waals surface area (Å²) >= 11 is 0. The lowest BCUT2D eigenvalue weighted by Crippen LogP contribution is -2.45. The zero-order valence-corrected chi connectivity index (χ0v) is 18.1. The number of carbonyl (C=O) groups excluding carboxylic acids is 3. The molecule has 168 valence electrons. The highest BCUT2D eigenvalue weighted by molar-refractivity contribution is 6.23. The number of hydrogen-bond acceptors (Lipinski definition) is 4. The van der Waals surface area contributed by atoms with Gasteiger partial charge in [0.2, 0.25) is 5.91 Å². The van der Waals surface area contributed by atoms with Crippen LogP contribution in [0, 0.1) is 5.82 Å². The van der Waals surface area contributed by atoms with Gasteiger partial charge in [-0.2, -0.15) is 0 Å². The van der Waals surface area contributed by atoms with Gasteiger partial charge in [-0.05, 0) is 48.9 Å². The van der Waals surface area contributed by atoms with E-state index >= 15 is 0 Å². The van der Waals surface area contributed by atoms with E-state index in [1.54, 1.807) is 30.3 Å². The number of hydrogen-bond donors (Lipinski definition) is 0. The van der Waals surface area contributed by atoms with Gasteiger partial charge in [0, 0.05) is 6.54 Å². The van der Waals surface area contributed by atoms with E-state index in [1.165, 1.54) is 23.1 Å². The predicted molar refractivity (Wildman–Crippen MR) is 121 cm³/mol. The molecule has 1 fully saturated rings. The molecule has 7 heteroatoms. The highest BCUT2D eigenvalue weighted by Gasteiger charge is 2.44. The Labute approximate surface area is 191 Å². The second-order valence-corrected chi connectivity index (χ2v) is 7.61. The minimum atomic E-state index is -1.05. The third-order valence-electron chi connectivity index (χ3n) is 5.47. The molecule has 1 aliphatic heterocycles. The van der Waals surface area contributed by atoms with Crippen LogP contribution in [0.1, 0.15) is 29.3 Å². The maximum atomic E-state index is 14.4. The van der Waals surface area contributed by atoms with Gasteiger partial charge in [0.05, 0.1) is 24.3 Å². The first-order valence-electron chi connectivity index (χ1n) is 10.7. The number of benzene rings is 3. The quantitative estimate of drug-likeness (QED) is 0.510. The van der Waals surface area contributed by atoms with Crippen molar-refractivity contribution in [1.82, 2.24) is 4.90 Å². The van der Waals surface area contributed by atoms with Crippen molar-refractivity contribution >= 4 is 23.4 Å². The molecule has 0 radical (unpaired) electrons. The largest absolute Gasteiger partial charge is 0.494 e. The van der Waals surface area contributed by atoms with Crippen molar-refractivity contribution in [2.45, 2.75) is 25.9 Å². The van der Waals surface area contributed by atoms with Crippen LogP contribution < -0.4 is 9.64 Å². The number of anilines is 1. The highest BCUT2D eigenvalue weighted by atomic mass is 19.1. The third-order valence-corrected chi connectivity index (χ3v) is 5.47. The fraction of sp³-hybridized carbons (Fsp3) is 0.192. The fourth-order valence-electron chi connectivity index (χ4n) is 3.88. The van der Waals surface area contributed by atoms with Crippen LogP contribution in [0.2, 0.25) is 0 Å². The molecule has 4 rings (SSSR count). The van der Waals surface area contributed by atoms with Crippen LogP contribution >= 0.6 is 0 Å². The van der Waals surface area contributed by atoms with Gasteiger partial charge in [-0.3, -0.25) is 14.4 Å². The molecule has 0 N–H and O–H groups in total. The first kappa shape index (κ1) is 22.2. The van der Waals surface area contributed by atoms with Crippen molar-refractivity contribution in [3.05, 3.63) is 95.8 Å². The molecule has 1 aliphatic rings. The first-order valence-corrected chi connectivity index (χ1v) is 10.7. The van der Waals surface area contributed by atoms with E-state index in [0.717, 1.165) is 10.5 Å². The Morgan fingerprint density at radius 1 is 1.00 bits per heavy atom. The normalized spacial score (nSPS) is 15.6. The van der Waals surface area contributed by atoms with Gasteiger partial charge in [0.25, 0.3) is 11.8 Å². The summed E-state index contributed by atoms with van der Waals surface area (Å²) in [5, 5.41) is 0. The molecule has 3 amide bonds. The molecule has 0 saturated carbocycles. The molecule has 33 heavy (non-hydrogen) atoms. The van der Waals surface area contributed by atoms with Crippen molar-refractivity contribution in [3.63, 3.8) is 0 Å². The minimum absolute atomic E-state index is 0.0643. The van der Waals surface area contributed by atoms with Crippen molar-refractivity contribution in [1.29, 1.82) is 0 Å². The molecule has 1 heterocycles. The molecule has 6 nitrogen and oxygen atoms in total. The SMILES string of the molecule is CCOc1ccc(N2C(=O)CC(N(Cc3ccccc3)C(=O)c3ccccc3F)C2=O)cc1. The van der Waals surface area contributed by atoms with E-state index < -0.39 is 29.6 Å². The molecule has 0 aromatic heterocycles. The first-order chi connectivity index (χ1) is 16.0. The summed E-state index contributed by atoms with van der Waals surface area (Å²) < 4.78 is 19.8. The lowest BCUT2D eigenvalue weighted by Gasteiger charge is -2.28. The van der Waals surface area contributed by atoms with Gasteiger partial charge in [-0.15, -0.1) is 0 Å². The van der Waals surface area contributed by atoms with Gasteiger partial charge in [-0.25, -0.2) is 9.29 Å². The maximum absolute atomic E-state index is 14.4. The van der Waals surface area contributed by atoms with E-state index in [9.17, 15) is 18.8 Å². The number of amides is 3. The van der Waals surface area contributed by atoms with Gasteiger partial charge in [-0.1, -0.05) is 42.5 Å². The summed E-state index contributed by atoms with van der Waals surface area (Å²) in [4.78, 5) is 41.9. The van der Waals surface area contributed by atoms with Crippen LogP contribution in [0.4, 0.5) is 10.1 Å². The maximum Gasteiger partial charge on any atom is 0.257 e. The fourth-order valence-corrected chi connectivity index (χ4v) is 3.88. The summed E-state index contributed by atoms with van der Waals surface area (Å²) in [5.41, 5.74) is 1.02. The van der Waals surface area contributed by atoms with Crippen LogP contribution in [0.25, 0.3) is 0 Å². The van der Waals surface area contributed by atoms with Crippen LogP contribution in [0.3, 0.4) is 0 Å². The van der Waals surface area contributed by atoms with Crippen LogP contribution in [0.5, 0.6) is 5.75 Å². The van der Waals surface area contributed by atoms with Crippen LogP contribution in [-0.4, -0.2) is 35.3 Å². The smallest absolute Gasteiger partial charge is 0.257 e. The second-order valence-electron chi connectivity index (χ2n) is 7.61. The van der Waals surface area contributed by atoms with E-state index in [4.69, 9.17) is 4.74 Å². The van der Waals surface area contributed by atoms with Gasteiger partial charge >= 0.3 is 0 Å². The van der Waals surface area contributed by atoms with E-state index in [-0.39, 0.29) is 18.5 Å². The van der Waals surface area contributed by atoms with Crippen LogP contribution in [-0.2, 0) is 16.1 Å². The molecule has 1 unspecified atom stereocenters. The molecule has 0 aliphatic carbocycles. The Morgan fingerprint density at radius 2 is 1.67 bits per heavy atom. The van der Waals surface area contributed by atoms with Gasteiger partial charge < -0.3 is 9.64 Å². The Bertz CT molecular complexity index is 1160. The highest BCUT2D eigenvalue weighted by Crippen LogP contribution is 2.29. The van der Waals surface area contributed by atoms with Crippen molar-refractivity contribution in [2.24, 2.45) is 0 Å². The zero-order chi connectivity index (χ0) is 23.4. The number of imide groups is 1. The van der Waals surface area contributed by atoms with Gasteiger partial charge in [0.1, 0.15) is 17.6 Å². The number of carbonyl (C=O) groups is 3. The summed E-state index contributed by atoms with van der Waals surface area (Å²) in [6, 6.07) is 20.3. The van der Waals surface area contributed by atoms with E-state index in [2.05, 4.69) is 0 Å². The molecule has 0 bridgehead atoms. The van der Waals surface area contributed by atoms with E-state index in [1.807, 2.05) is 37.3 Å². The Morgan fingerprint density at radius 3 is 2.33 bits per heavy atom. The van der Waals surface area contributed by atoms with Crippen molar-refractivity contribution < 1.29 is 23.5 Å². The third kappa shape index (κ3) is 4.62. The topological polar surface area (TPSA) is 66.9 Å². The summed E-state index contributed by atoms with van der Waals surface area (Å²) in [6.45, 7) is 2.42. The minimum Gasteiger partial charge on any atom is -0.494 e. The molecular formula is C26H23FN2O4. The molecule has 3 aromatic rings. The monoisotopic (exact) mass is 446 g/mol. The number of nitrogens with zero attached hydrogens (tertiary/aromatic N) is 2. The predicted octanol–water partition coefficient (Wildman–Crippen LogP) is 4.20. The second kappa shape index (κ2) is 9.65. The molecule has 1 atom stereocenters. The van der Waals surface area contributed by atoms with Crippen LogP contribution in [0.15, 0.2) is 78.9 Å². The van der Waals surface area contributed by atoms with Crippen molar-refractivity contribution in [3.8, 4) is 5.75 Å². The summed E-state index contributed by atoms with van der Waals surface area (Å²) in [7, 11) is 0. The molecule has 3 aromatic carbocycles. The Balaban J connectivity index is 1.66. The molecule has 0 spiro atoms. The number of halogens is 1. The number of rotatable bonds is 7. The average molecular weight is 446 g/mol. The van der Waals surface area contributed by atoms with E-state index in [0.29, 0.717) is 18.0 Å². The van der Waals surface area contributed by atoms with Gasteiger partial charge in [0.15, 0.2) is 0 Å². The molecule has 1 saturated heterocycles. The zero-order valence-electron chi connectivity index (χ0n) is 18.1. The van der Waals surface area contributed by atoms with Crippen molar-refractivity contribution in [2.75, 3.05) is 11.5 Å². The molecular weight excluding hydrogens is 423 g/mol. The summed E-state index contributed by atoms with van der Waals surface area (Å²) in [6.07, 6.45) is -0.181. The summed E-state index contributed by atoms with van der Waals surface area (Å²) in [5.74, 6) is -1.65. The lowest BCUT2D eigenvalue weighted by atomic mass is 10.1. The lowest BCUT2D eigenvalue weighted by molar-refractivity contribution is -0.122. The Hall–Kier alpha value is -4.00. The number of ether oxygens (including phenoxy) is 1. The standard InChI is InChI=1S/C26H23FN2O4/c1-2-33-20-14-12-19(13-15-20)29-24(30)16-23(26(29)32)28(17-18-8-4-3-5-9-18)25(31)21-10-6-7-11-22(21)27/h3-15,23H,2,16-17H2,1H3. The Kier molecular flexibility index (Phi) is 6.49.